The number of carbonyl (C=O) groups is 2. The molecule has 148 valence electrons. The average Bonchev–Trinajstić information content (AvgIpc) is 3.06. The molecule has 1 aliphatic rings. The number of benzene rings is 4. The highest BCUT2D eigenvalue weighted by Gasteiger charge is 2.30. The molecule has 0 atom stereocenters. The highest BCUT2D eigenvalue weighted by Crippen LogP contribution is 2.40. The van der Waals surface area contributed by atoms with E-state index >= 15 is 0 Å². The van der Waals surface area contributed by atoms with Crippen molar-refractivity contribution in [3.05, 3.63) is 83.9 Å². The van der Waals surface area contributed by atoms with Crippen LogP contribution in [0.15, 0.2) is 72.8 Å². The molecule has 2 amide bonds. The van der Waals surface area contributed by atoms with Gasteiger partial charge in [0.2, 0.25) is 0 Å². The number of unbranched alkanes of at least 4 members (excludes halogenated alkanes) is 1. The molecule has 0 fully saturated rings. The summed E-state index contributed by atoms with van der Waals surface area (Å²) in [5, 5.41) is 6.85. The molecule has 0 aliphatic carbocycles. The second-order valence-corrected chi connectivity index (χ2v) is 7.65. The summed E-state index contributed by atoms with van der Waals surface area (Å²) in [6.45, 7) is 2.83. The third-order valence-corrected chi connectivity index (χ3v) is 5.80. The zero-order valence-electron chi connectivity index (χ0n) is 16.8. The van der Waals surface area contributed by atoms with E-state index in [1.165, 1.54) is 0 Å². The van der Waals surface area contributed by atoms with Crippen LogP contribution in [-0.4, -0.2) is 18.4 Å². The van der Waals surface area contributed by atoms with Gasteiger partial charge in [0.05, 0.1) is 5.69 Å². The zero-order valence-corrected chi connectivity index (χ0v) is 16.8. The molecule has 1 aliphatic heterocycles. The topological polar surface area (TPSA) is 49.4 Å². The summed E-state index contributed by atoms with van der Waals surface area (Å²) in [6.07, 6.45) is 1.99. The lowest BCUT2D eigenvalue weighted by Gasteiger charge is -2.18. The molecule has 1 N–H and O–H groups in total. The van der Waals surface area contributed by atoms with E-state index in [0.717, 1.165) is 45.8 Å². The Labute approximate surface area is 175 Å². The van der Waals surface area contributed by atoms with E-state index in [9.17, 15) is 9.59 Å². The number of amides is 2. The van der Waals surface area contributed by atoms with Gasteiger partial charge < -0.3 is 10.2 Å². The lowest BCUT2D eigenvalue weighted by Crippen LogP contribution is -2.27. The van der Waals surface area contributed by atoms with Crippen molar-refractivity contribution in [2.45, 2.75) is 19.8 Å². The number of nitrogens with zero attached hydrogens (tertiary/aromatic N) is 1. The minimum absolute atomic E-state index is 0.0431. The molecule has 0 aromatic heterocycles. The van der Waals surface area contributed by atoms with Crippen LogP contribution in [0, 0.1) is 0 Å². The van der Waals surface area contributed by atoms with Crippen LogP contribution in [0.5, 0.6) is 0 Å². The summed E-state index contributed by atoms with van der Waals surface area (Å²) in [6, 6.07) is 23.2. The van der Waals surface area contributed by atoms with E-state index in [1.54, 1.807) is 0 Å². The van der Waals surface area contributed by atoms with Crippen LogP contribution in [0.1, 0.15) is 40.5 Å². The van der Waals surface area contributed by atoms with Gasteiger partial charge in [-0.15, -0.1) is 0 Å². The number of anilines is 2. The number of rotatable bonds is 5. The van der Waals surface area contributed by atoms with E-state index in [2.05, 4.69) is 12.2 Å². The lowest BCUT2D eigenvalue weighted by atomic mass is 10.0. The van der Waals surface area contributed by atoms with Crippen molar-refractivity contribution in [1.29, 1.82) is 0 Å². The number of hydrogen-bond donors (Lipinski definition) is 1. The third kappa shape index (κ3) is 2.84. The predicted molar refractivity (Wildman–Crippen MR) is 122 cm³/mol. The van der Waals surface area contributed by atoms with Crippen LogP contribution in [0.4, 0.5) is 11.4 Å². The Morgan fingerprint density at radius 3 is 2.53 bits per heavy atom. The first-order valence-corrected chi connectivity index (χ1v) is 10.4. The van der Waals surface area contributed by atoms with Gasteiger partial charge in [-0.05, 0) is 41.5 Å². The van der Waals surface area contributed by atoms with Crippen molar-refractivity contribution in [2.24, 2.45) is 0 Å². The lowest BCUT2D eigenvalue weighted by molar-refractivity contribution is 0.0991. The molecule has 5 rings (SSSR count). The maximum Gasteiger partial charge on any atom is 0.258 e. The van der Waals surface area contributed by atoms with Crippen LogP contribution in [0.3, 0.4) is 0 Å². The Kier molecular flexibility index (Phi) is 4.47. The van der Waals surface area contributed by atoms with Gasteiger partial charge in [0.15, 0.2) is 0 Å². The highest BCUT2D eigenvalue weighted by atomic mass is 16.2. The van der Waals surface area contributed by atoms with Gasteiger partial charge in [-0.25, -0.2) is 0 Å². The predicted octanol–water partition coefficient (Wildman–Crippen LogP) is 6.01. The quantitative estimate of drug-likeness (QED) is 0.451. The van der Waals surface area contributed by atoms with Crippen molar-refractivity contribution in [3.63, 3.8) is 0 Å². The molecule has 0 saturated heterocycles. The zero-order chi connectivity index (χ0) is 20.7. The first-order chi connectivity index (χ1) is 14.7. The Morgan fingerprint density at radius 2 is 1.67 bits per heavy atom. The maximum absolute atomic E-state index is 13.1. The molecule has 0 unspecified atom stereocenters. The smallest absolute Gasteiger partial charge is 0.258 e. The summed E-state index contributed by atoms with van der Waals surface area (Å²) in [7, 11) is 0. The Bertz CT molecular complexity index is 1300. The summed E-state index contributed by atoms with van der Waals surface area (Å²) in [4.78, 5) is 27.9. The molecule has 0 spiro atoms. The van der Waals surface area contributed by atoms with Gasteiger partial charge in [0, 0.05) is 34.1 Å². The van der Waals surface area contributed by atoms with Crippen LogP contribution >= 0.6 is 0 Å². The van der Waals surface area contributed by atoms with Gasteiger partial charge in [-0.2, -0.15) is 0 Å². The van der Waals surface area contributed by atoms with Gasteiger partial charge in [-0.3, -0.25) is 9.59 Å². The van der Waals surface area contributed by atoms with Crippen molar-refractivity contribution in [2.75, 3.05) is 16.8 Å². The summed E-state index contributed by atoms with van der Waals surface area (Å²) >= 11 is 0. The molecule has 4 nitrogen and oxygen atoms in total. The Morgan fingerprint density at radius 1 is 0.900 bits per heavy atom. The van der Waals surface area contributed by atoms with E-state index < -0.39 is 0 Å². The van der Waals surface area contributed by atoms with Gasteiger partial charge >= 0.3 is 0 Å². The number of fused-ring (bicyclic) bond motifs is 1. The van der Waals surface area contributed by atoms with Gasteiger partial charge in [-0.1, -0.05) is 61.9 Å². The summed E-state index contributed by atoms with van der Waals surface area (Å²) in [5.74, 6) is -0.110. The molecular formula is C26H22N2O2. The van der Waals surface area contributed by atoms with Gasteiger partial charge in [0.25, 0.3) is 11.8 Å². The van der Waals surface area contributed by atoms with Crippen LogP contribution in [-0.2, 0) is 0 Å². The van der Waals surface area contributed by atoms with Crippen molar-refractivity contribution in [1.82, 2.24) is 0 Å². The average molecular weight is 394 g/mol. The molecule has 4 aromatic carbocycles. The van der Waals surface area contributed by atoms with Crippen molar-refractivity contribution in [3.8, 4) is 0 Å². The third-order valence-electron chi connectivity index (χ3n) is 5.80. The fraction of sp³-hybridized carbons (Fsp3) is 0.154. The second-order valence-electron chi connectivity index (χ2n) is 7.65. The van der Waals surface area contributed by atoms with E-state index in [4.69, 9.17) is 0 Å². The minimum atomic E-state index is -0.153. The summed E-state index contributed by atoms with van der Waals surface area (Å²) < 4.78 is 0. The molecule has 4 aromatic rings. The SMILES string of the molecule is CCCCN1C(=O)c2cccc3c(NC(=O)c4cccc5ccccc45)ccc1c23. The molecule has 0 bridgehead atoms. The Hall–Kier alpha value is -3.66. The number of nitrogens with one attached hydrogen (secondary N) is 1. The maximum atomic E-state index is 13.1. The van der Waals surface area contributed by atoms with E-state index in [1.807, 2.05) is 77.7 Å². The number of carbonyl (C=O) groups excluding carboxylic acids is 2. The first kappa shape index (κ1) is 18.4. The molecule has 0 saturated carbocycles. The van der Waals surface area contributed by atoms with Crippen LogP contribution in [0.25, 0.3) is 21.5 Å². The van der Waals surface area contributed by atoms with Gasteiger partial charge in [0.1, 0.15) is 0 Å². The fourth-order valence-corrected chi connectivity index (χ4v) is 4.31. The monoisotopic (exact) mass is 394 g/mol. The molecule has 30 heavy (non-hydrogen) atoms. The van der Waals surface area contributed by atoms with Crippen LogP contribution in [0.2, 0.25) is 0 Å². The second kappa shape index (κ2) is 7.30. The molecule has 4 heteroatoms. The first-order valence-electron chi connectivity index (χ1n) is 10.4. The normalized spacial score (nSPS) is 12.7. The molecule has 1 heterocycles. The summed E-state index contributed by atoms with van der Waals surface area (Å²) in [5.41, 5.74) is 3.00. The number of hydrogen-bond acceptors (Lipinski definition) is 2. The van der Waals surface area contributed by atoms with Crippen LogP contribution < -0.4 is 10.2 Å². The molecule has 0 radical (unpaired) electrons. The highest BCUT2D eigenvalue weighted by molar-refractivity contribution is 6.27. The van der Waals surface area contributed by atoms with Crippen molar-refractivity contribution >= 4 is 44.7 Å². The minimum Gasteiger partial charge on any atom is -0.321 e. The largest absolute Gasteiger partial charge is 0.321 e. The van der Waals surface area contributed by atoms with E-state index in [0.29, 0.717) is 17.7 Å². The Balaban J connectivity index is 1.56. The fourth-order valence-electron chi connectivity index (χ4n) is 4.31. The standard InChI is InChI=1S/C26H22N2O2/c1-2-3-16-28-23-15-14-22(20-12-7-13-21(24(20)23)26(28)30)27-25(29)19-11-6-9-17-8-4-5-10-18(17)19/h4-15H,2-3,16H2,1H3,(H,27,29). The van der Waals surface area contributed by atoms with E-state index in [-0.39, 0.29) is 11.8 Å². The van der Waals surface area contributed by atoms with Crippen molar-refractivity contribution < 1.29 is 9.59 Å². The molecular weight excluding hydrogens is 372 g/mol.